The quantitative estimate of drug-likeness (QED) is 0.657. The molecule has 1 aromatic carbocycles. The molecule has 0 bridgehead atoms. The highest BCUT2D eigenvalue weighted by Crippen LogP contribution is 2.61. The van der Waals surface area contributed by atoms with E-state index in [0.29, 0.717) is 0 Å². The molecule has 1 aliphatic heterocycles. The summed E-state index contributed by atoms with van der Waals surface area (Å²) in [6.07, 6.45) is 7.85. The van der Waals surface area contributed by atoms with E-state index >= 15 is 0 Å². The Morgan fingerprint density at radius 2 is 1.95 bits per heavy atom. The Balaban J connectivity index is 1.65. The second-order valence-electron chi connectivity index (χ2n) is 6.62. The molecule has 0 aromatic heterocycles. The summed E-state index contributed by atoms with van der Waals surface area (Å²) in [6, 6.07) is 6.85. The summed E-state index contributed by atoms with van der Waals surface area (Å²) in [5.74, 6) is 9.55. The van der Waals surface area contributed by atoms with Crippen molar-refractivity contribution in [2.24, 2.45) is 23.6 Å². The zero-order valence-corrected chi connectivity index (χ0v) is 12.0. The Morgan fingerprint density at radius 1 is 1.15 bits per heavy atom. The van der Waals surface area contributed by atoms with Crippen molar-refractivity contribution in [3.8, 4) is 5.75 Å². The summed E-state index contributed by atoms with van der Waals surface area (Å²) in [4.78, 5) is 0. The van der Waals surface area contributed by atoms with Crippen molar-refractivity contribution in [2.45, 2.75) is 44.6 Å². The molecule has 108 valence electrons. The molecule has 1 heterocycles. The van der Waals surface area contributed by atoms with Crippen molar-refractivity contribution in [1.82, 2.24) is 5.43 Å². The molecule has 2 saturated carbocycles. The maximum Gasteiger partial charge on any atom is 0.127 e. The van der Waals surface area contributed by atoms with Crippen LogP contribution in [0.25, 0.3) is 0 Å². The first kappa shape index (κ1) is 12.7. The fourth-order valence-electron chi connectivity index (χ4n) is 4.61. The van der Waals surface area contributed by atoms with Crippen LogP contribution in [0.15, 0.2) is 18.2 Å². The van der Waals surface area contributed by atoms with Gasteiger partial charge in [-0.25, -0.2) is 0 Å². The third kappa shape index (κ3) is 1.95. The lowest BCUT2D eigenvalue weighted by atomic mass is 9.94. The highest BCUT2D eigenvalue weighted by Gasteiger charge is 2.54. The van der Waals surface area contributed by atoms with Crippen LogP contribution in [0.4, 0.5) is 0 Å². The smallest absolute Gasteiger partial charge is 0.127 e. The van der Waals surface area contributed by atoms with E-state index < -0.39 is 0 Å². The first-order chi connectivity index (χ1) is 9.90. The number of para-hydroxylation sites is 1. The van der Waals surface area contributed by atoms with Crippen molar-refractivity contribution >= 4 is 0 Å². The van der Waals surface area contributed by atoms with E-state index in [1.165, 1.54) is 36.8 Å². The molecule has 0 amide bonds. The van der Waals surface area contributed by atoms with Crippen molar-refractivity contribution < 1.29 is 4.74 Å². The summed E-state index contributed by atoms with van der Waals surface area (Å²) >= 11 is 0. The molecule has 3 N–H and O–H groups in total. The van der Waals surface area contributed by atoms with Crippen molar-refractivity contribution in [2.75, 3.05) is 6.61 Å². The third-order valence-electron chi connectivity index (χ3n) is 5.59. The Kier molecular flexibility index (Phi) is 3.20. The Hall–Kier alpha value is -1.06. The minimum Gasteiger partial charge on any atom is -0.493 e. The van der Waals surface area contributed by atoms with Gasteiger partial charge >= 0.3 is 0 Å². The summed E-state index contributed by atoms with van der Waals surface area (Å²) in [6.45, 7) is 0.846. The summed E-state index contributed by atoms with van der Waals surface area (Å²) < 4.78 is 5.97. The van der Waals surface area contributed by atoms with E-state index in [0.717, 1.165) is 43.0 Å². The predicted octanol–water partition coefficient (Wildman–Crippen LogP) is 2.95. The highest BCUT2D eigenvalue weighted by atomic mass is 16.5. The summed E-state index contributed by atoms with van der Waals surface area (Å²) in [7, 11) is 0. The Labute approximate surface area is 120 Å². The van der Waals surface area contributed by atoms with E-state index in [-0.39, 0.29) is 6.04 Å². The molecule has 0 saturated heterocycles. The van der Waals surface area contributed by atoms with Gasteiger partial charge in [0, 0.05) is 5.56 Å². The van der Waals surface area contributed by atoms with Crippen molar-refractivity contribution in [1.29, 1.82) is 0 Å². The van der Waals surface area contributed by atoms with Gasteiger partial charge in [0.1, 0.15) is 5.75 Å². The average molecular weight is 272 g/mol. The van der Waals surface area contributed by atoms with E-state index in [1.54, 1.807) is 0 Å². The number of hydrazine groups is 1. The first-order valence-electron chi connectivity index (χ1n) is 8.11. The van der Waals surface area contributed by atoms with Gasteiger partial charge in [-0.05, 0) is 49.0 Å². The Bertz CT molecular complexity index is 490. The number of nitrogens with one attached hydrogen (secondary N) is 1. The maximum absolute atomic E-state index is 5.97. The number of ether oxygens (including phenoxy) is 1. The van der Waals surface area contributed by atoms with Gasteiger partial charge in [0.2, 0.25) is 0 Å². The number of hydrogen-bond acceptors (Lipinski definition) is 3. The van der Waals surface area contributed by atoms with Gasteiger partial charge in [-0.3, -0.25) is 11.3 Å². The van der Waals surface area contributed by atoms with Gasteiger partial charge in [0.05, 0.1) is 12.6 Å². The standard InChI is InChI=1S/C17H24N2O/c18-19-16(15-12-7-1-2-8-13(12)15)14-9-3-5-11-6-4-10-20-17(11)14/h3,5,9,12-13,15-16,19H,1-2,4,6-8,10,18H2. The van der Waals surface area contributed by atoms with Crippen LogP contribution in [0.1, 0.15) is 49.3 Å². The monoisotopic (exact) mass is 272 g/mol. The molecular weight excluding hydrogens is 248 g/mol. The van der Waals surface area contributed by atoms with E-state index in [9.17, 15) is 0 Å². The van der Waals surface area contributed by atoms with Crippen LogP contribution in [0.3, 0.4) is 0 Å². The first-order valence-corrected chi connectivity index (χ1v) is 8.11. The van der Waals surface area contributed by atoms with Crippen LogP contribution >= 0.6 is 0 Å². The maximum atomic E-state index is 5.97. The molecule has 3 aliphatic rings. The lowest BCUT2D eigenvalue weighted by molar-refractivity contribution is 0.279. The molecule has 3 atom stereocenters. The van der Waals surface area contributed by atoms with Gasteiger partial charge in [-0.2, -0.15) is 0 Å². The minimum atomic E-state index is 0.274. The second-order valence-corrected chi connectivity index (χ2v) is 6.62. The molecule has 3 heteroatoms. The predicted molar refractivity (Wildman–Crippen MR) is 79.3 cm³/mol. The number of hydrogen-bond donors (Lipinski definition) is 2. The number of nitrogens with two attached hydrogens (primary N) is 1. The van der Waals surface area contributed by atoms with Crippen LogP contribution < -0.4 is 16.0 Å². The highest BCUT2D eigenvalue weighted by molar-refractivity contribution is 5.45. The van der Waals surface area contributed by atoms with Gasteiger partial charge in [0.15, 0.2) is 0 Å². The zero-order chi connectivity index (χ0) is 13.5. The van der Waals surface area contributed by atoms with Gasteiger partial charge < -0.3 is 4.74 Å². The molecule has 1 aromatic rings. The SMILES string of the molecule is NNC(c1cccc2c1OCCC2)C1C2CCCCC21. The molecule has 3 unspecified atom stereocenters. The lowest BCUT2D eigenvalue weighted by Crippen LogP contribution is -2.31. The van der Waals surface area contributed by atoms with Crippen molar-refractivity contribution in [3.05, 3.63) is 29.3 Å². The third-order valence-corrected chi connectivity index (χ3v) is 5.59. The normalized spacial score (nSPS) is 32.8. The van der Waals surface area contributed by atoms with Crippen LogP contribution in [0.2, 0.25) is 0 Å². The molecule has 4 rings (SSSR count). The molecule has 0 spiro atoms. The molecule has 3 nitrogen and oxygen atoms in total. The van der Waals surface area contributed by atoms with Gasteiger partial charge in [0.25, 0.3) is 0 Å². The number of fused-ring (bicyclic) bond motifs is 2. The van der Waals surface area contributed by atoms with Crippen molar-refractivity contribution in [3.63, 3.8) is 0 Å². The molecule has 0 radical (unpaired) electrons. The fraction of sp³-hybridized carbons (Fsp3) is 0.647. The largest absolute Gasteiger partial charge is 0.493 e. The number of aryl methyl sites for hydroxylation is 1. The van der Waals surface area contributed by atoms with Crippen LogP contribution in [-0.4, -0.2) is 6.61 Å². The van der Waals surface area contributed by atoms with Crippen LogP contribution in [0, 0.1) is 17.8 Å². The minimum absolute atomic E-state index is 0.274. The lowest BCUT2D eigenvalue weighted by Gasteiger charge is -2.25. The van der Waals surface area contributed by atoms with Gasteiger partial charge in [-0.1, -0.05) is 31.0 Å². The summed E-state index contributed by atoms with van der Waals surface area (Å²) in [5, 5.41) is 0. The molecule has 2 fully saturated rings. The molecular formula is C17H24N2O. The average Bonchev–Trinajstić information content (AvgIpc) is 3.23. The Morgan fingerprint density at radius 3 is 2.70 bits per heavy atom. The van der Waals surface area contributed by atoms with Crippen LogP contribution in [0.5, 0.6) is 5.75 Å². The van der Waals surface area contributed by atoms with E-state index in [4.69, 9.17) is 10.6 Å². The zero-order valence-electron chi connectivity index (χ0n) is 12.0. The number of benzene rings is 1. The second kappa shape index (κ2) is 5.05. The summed E-state index contributed by atoms with van der Waals surface area (Å²) in [5.41, 5.74) is 5.76. The molecule has 20 heavy (non-hydrogen) atoms. The van der Waals surface area contributed by atoms with E-state index in [1.807, 2.05) is 0 Å². The van der Waals surface area contributed by atoms with E-state index in [2.05, 4.69) is 23.6 Å². The fourth-order valence-corrected chi connectivity index (χ4v) is 4.61. The van der Waals surface area contributed by atoms with Gasteiger partial charge in [-0.15, -0.1) is 0 Å². The number of rotatable bonds is 3. The topological polar surface area (TPSA) is 47.3 Å². The van der Waals surface area contributed by atoms with Crippen LogP contribution in [-0.2, 0) is 6.42 Å². The molecule has 2 aliphatic carbocycles.